The highest BCUT2D eigenvalue weighted by Gasteiger charge is 2.06. The second kappa shape index (κ2) is 3.79. The Morgan fingerprint density at radius 3 is 2.47 bits per heavy atom. The van der Waals surface area contributed by atoms with Gasteiger partial charge in [-0.2, -0.15) is 0 Å². The standard InChI is InChI=1S/C12H9N5/c13-11-9-3-6-15-7-10(9)16-12(17-11)8-1-4-14-5-2-8/h1-7H,(H2,13,16,17). The van der Waals surface area contributed by atoms with Gasteiger partial charge in [0.25, 0.3) is 0 Å². The maximum absolute atomic E-state index is 5.90. The van der Waals surface area contributed by atoms with Crippen molar-refractivity contribution in [2.75, 3.05) is 5.73 Å². The Balaban J connectivity index is 2.26. The minimum absolute atomic E-state index is 0.462. The second-order valence-corrected chi connectivity index (χ2v) is 3.56. The van der Waals surface area contributed by atoms with Crippen LogP contribution in [0.15, 0.2) is 43.0 Å². The van der Waals surface area contributed by atoms with E-state index in [1.54, 1.807) is 30.9 Å². The van der Waals surface area contributed by atoms with E-state index in [-0.39, 0.29) is 0 Å². The van der Waals surface area contributed by atoms with Gasteiger partial charge in [-0.15, -0.1) is 0 Å². The lowest BCUT2D eigenvalue weighted by Gasteiger charge is -2.04. The molecule has 0 unspecified atom stereocenters. The number of fused-ring (bicyclic) bond motifs is 1. The third-order valence-electron chi connectivity index (χ3n) is 2.47. The van der Waals surface area contributed by atoms with Crippen LogP contribution in [0.3, 0.4) is 0 Å². The summed E-state index contributed by atoms with van der Waals surface area (Å²) in [4.78, 5) is 16.7. The van der Waals surface area contributed by atoms with Gasteiger partial charge in [0.2, 0.25) is 0 Å². The molecule has 0 aliphatic carbocycles. The Labute approximate surface area is 97.4 Å². The van der Waals surface area contributed by atoms with E-state index < -0.39 is 0 Å². The van der Waals surface area contributed by atoms with E-state index in [0.29, 0.717) is 11.6 Å². The van der Waals surface area contributed by atoms with Crippen molar-refractivity contribution in [3.63, 3.8) is 0 Å². The molecule has 17 heavy (non-hydrogen) atoms. The number of pyridine rings is 2. The van der Waals surface area contributed by atoms with E-state index in [0.717, 1.165) is 16.5 Å². The fraction of sp³-hybridized carbons (Fsp3) is 0. The van der Waals surface area contributed by atoms with Crippen LogP contribution in [0.4, 0.5) is 5.82 Å². The molecule has 0 saturated carbocycles. The molecule has 3 rings (SSSR count). The summed E-state index contributed by atoms with van der Waals surface area (Å²) in [6, 6.07) is 5.49. The Morgan fingerprint density at radius 1 is 0.882 bits per heavy atom. The van der Waals surface area contributed by atoms with Crippen LogP contribution >= 0.6 is 0 Å². The Hall–Kier alpha value is -2.56. The highest BCUT2D eigenvalue weighted by Crippen LogP contribution is 2.21. The van der Waals surface area contributed by atoms with E-state index >= 15 is 0 Å². The topological polar surface area (TPSA) is 77.6 Å². The summed E-state index contributed by atoms with van der Waals surface area (Å²) in [6.07, 6.45) is 6.75. The fourth-order valence-electron chi connectivity index (χ4n) is 1.64. The van der Waals surface area contributed by atoms with Crippen molar-refractivity contribution in [2.45, 2.75) is 0 Å². The number of anilines is 1. The number of hydrogen-bond donors (Lipinski definition) is 1. The van der Waals surface area contributed by atoms with Crippen LogP contribution in [0, 0.1) is 0 Å². The molecule has 0 bridgehead atoms. The van der Waals surface area contributed by atoms with E-state index in [1.165, 1.54) is 0 Å². The predicted octanol–water partition coefficient (Wildman–Crippen LogP) is 1.67. The van der Waals surface area contributed by atoms with Crippen molar-refractivity contribution in [3.8, 4) is 11.4 Å². The first kappa shape index (κ1) is 9.65. The summed E-state index contributed by atoms with van der Waals surface area (Å²) in [5.74, 6) is 1.05. The molecule has 5 nitrogen and oxygen atoms in total. The van der Waals surface area contributed by atoms with Gasteiger partial charge >= 0.3 is 0 Å². The van der Waals surface area contributed by atoms with Crippen LogP contribution in [-0.2, 0) is 0 Å². The van der Waals surface area contributed by atoms with E-state index in [1.807, 2.05) is 12.1 Å². The minimum Gasteiger partial charge on any atom is -0.383 e. The van der Waals surface area contributed by atoms with Crippen LogP contribution in [0.25, 0.3) is 22.3 Å². The zero-order valence-electron chi connectivity index (χ0n) is 8.91. The maximum atomic E-state index is 5.90. The number of hydrogen-bond acceptors (Lipinski definition) is 5. The molecule has 0 atom stereocenters. The van der Waals surface area contributed by atoms with Crippen LogP contribution in [0.5, 0.6) is 0 Å². The molecule has 3 heterocycles. The van der Waals surface area contributed by atoms with Crippen molar-refractivity contribution in [1.29, 1.82) is 0 Å². The quantitative estimate of drug-likeness (QED) is 0.679. The van der Waals surface area contributed by atoms with Gasteiger partial charge in [0.15, 0.2) is 5.82 Å². The Morgan fingerprint density at radius 2 is 1.65 bits per heavy atom. The molecule has 0 spiro atoms. The summed E-state index contributed by atoms with van der Waals surface area (Å²) in [6.45, 7) is 0. The molecular weight excluding hydrogens is 214 g/mol. The molecule has 3 aromatic rings. The van der Waals surface area contributed by atoms with Crippen LogP contribution in [0.2, 0.25) is 0 Å². The van der Waals surface area contributed by atoms with Gasteiger partial charge in [0, 0.05) is 29.5 Å². The van der Waals surface area contributed by atoms with Crippen molar-refractivity contribution in [1.82, 2.24) is 19.9 Å². The van der Waals surface area contributed by atoms with Gasteiger partial charge in [-0.05, 0) is 18.2 Å². The second-order valence-electron chi connectivity index (χ2n) is 3.56. The number of aromatic nitrogens is 4. The Kier molecular flexibility index (Phi) is 2.15. The molecule has 0 radical (unpaired) electrons. The minimum atomic E-state index is 0.462. The van der Waals surface area contributed by atoms with E-state index in [2.05, 4.69) is 19.9 Å². The highest BCUT2D eigenvalue weighted by atomic mass is 15.0. The molecule has 0 aliphatic rings. The van der Waals surface area contributed by atoms with Crippen LogP contribution < -0.4 is 5.73 Å². The average molecular weight is 223 g/mol. The predicted molar refractivity (Wildman–Crippen MR) is 65.0 cm³/mol. The Bertz CT molecular complexity index is 666. The first-order chi connectivity index (χ1) is 8.34. The molecule has 5 heteroatoms. The maximum Gasteiger partial charge on any atom is 0.162 e. The van der Waals surface area contributed by atoms with Crippen LogP contribution in [0.1, 0.15) is 0 Å². The molecule has 0 amide bonds. The summed E-state index contributed by atoms with van der Waals surface area (Å²) >= 11 is 0. The lowest BCUT2D eigenvalue weighted by molar-refractivity contribution is 1.20. The van der Waals surface area contributed by atoms with Crippen LogP contribution in [-0.4, -0.2) is 19.9 Å². The third-order valence-corrected chi connectivity index (χ3v) is 2.47. The third kappa shape index (κ3) is 1.67. The smallest absolute Gasteiger partial charge is 0.162 e. The van der Waals surface area contributed by atoms with Crippen molar-refractivity contribution < 1.29 is 0 Å². The first-order valence-corrected chi connectivity index (χ1v) is 5.12. The largest absolute Gasteiger partial charge is 0.383 e. The summed E-state index contributed by atoms with van der Waals surface area (Å²) in [5.41, 5.74) is 7.53. The molecule has 0 aliphatic heterocycles. The molecule has 3 aromatic heterocycles. The monoisotopic (exact) mass is 223 g/mol. The van der Waals surface area contributed by atoms with Gasteiger partial charge < -0.3 is 5.73 Å². The van der Waals surface area contributed by atoms with Gasteiger partial charge in [0.05, 0.1) is 11.7 Å². The fourth-order valence-corrected chi connectivity index (χ4v) is 1.64. The zero-order chi connectivity index (χ0) is 11.7. The number of nitrogens with two attached hydrogens (primary N) is 1. The molecule has 82 valence electrons. The molecule has 0 fully saturated rings. The SMILES string of the molecule is Nc1nc(-c2ccncc2)nc2cnccc12. The normalized spacial score (nSPS) is 10.6. The lowest BCUT2D eigenvalue weighted by atomic mass is 10.2. The van der Waals surface area contributed by atoms with Gasteiger partial charge in [-0.25, -0.2) is 9.97 Å². The number of nitrogens with zero attached hydrogens (tertiary/aromatic N) is 4. The van der Waals surface area contributed by atoms with E-state index in [4.69, 9.17) is 5.73 Å². The summed E-state index contributed by atoms with van der Waals surface area (Å²) in [5, 5.41) is 0.817. The first-order valence-electron chi connectivity index (χ1n) is 5.12. The van der Waals surface area contributed by atoms with Gasteiger partial charge in [0.1, 0.15) is 5.82 Å². The van der Waals surface area contributed by atoms with Gasteiger partial charge in [-0.1, -0.05) is 0 Å². The molecule has 0 saturated heterocycles. The van der Waals surface area contributed by atoms with E-state index in [9.17, 15) is 0 Å². The molecule has 0 aromatic carbocycles. The summed E-state index contributed by atoms with van der Waals surface area (Å²) in [7, 11) is 0. The molecular formula is C12H9N5. The van der Waals surface area contributed by atoms with Crippen molar-refractivity contribution in [2.24, 2.45) is 0 Å². The van der Waals surface area contributed by atoms with Crippen molar-refractivity contribution >= 4 is 16.7 Å². The zero-order valence-corrected chi connectivity index (χ0v) is 8.91. The number of rotatable bonds is 1. The summed E-state index contributed by atoms with van der Waals surface area (Å²) < 4.78 is 0. The van der Waals surface area contributed by atoms with Crippen molar-refractivity contribution in [3.05, 3.63) is 43.0 Å². The van der Waals surface area contributed by atoms with Gasteiger partial charge in [-0.3, -0.25) is 9.97 Å². The average Bonchev–Trinajstić information content (AvgIpc) is 2.40. The molecule has 2 N–H and O–H groups in total. The number of nitrogen functional groups attached to an aromatic ring is 1. The highest BCUT2D eigenvalue weighted by molar-refractivity contribution is 5.88. The lowest BCUT2D eigenvalue weighted by Crippen LogP contribution is -1.98.